The average Bonchev–Trinajstić information content (AvgIpc) is 3.10. The Hall–Kier alpha value is -2.31. The minimum absolute atomic E-state index is 0.0172. The Balaban J connectivity index is 1.54. The predicted molar refractivity (Wildman–Crippen MR) is 102 cm³/mol. The van der Waals surface area contributed by atoms with E-state index in [0.29, 0.717) is 31.7 Å². The second-order valence-electron chi connectivity index (χ2n) is 8.12. The van der Waals surface area contributed by atoms with E-state index in [1.165, 1.54) is 0 Å². The lowest BCUT2D eigenvalue weighted by Crippen LogP contribution is -2.63. The Bertz CT molecular complexity index is 876. The molecule has 2 fully saturated rings. The fraction of sp³-hybridized carbons (Fsp3) is 0.476. The number of carbonyl (C=O) groups excluding carboxylic acids is 1. The third-order valence-electron chi connectivity index (χ3n) is 5.79. The van der Waals surface area contributed by atoms with E-state index in [9.17, 15) is 9.90 Å². The highest BCUT2D eigenvalue weighted by Gasteiger charge is 2.54. The summed E-state index contributed by atoms with van der Waals surface area (Å²) in [6, 6.07) is 9.78. The molecule has 0 radical (unpaired) electrons. The molecule has 2 aliphatic heterocycles. The molecule has 0 bridgehead atoms. The summed E-state index contributed by atoms with van der Waals surface area (Å²) in [6.07, 6.45) is 0.578. The lowest BCUT2D eigenvalue weighted by atomic mass is 9.85. The monoisotopic (exact) mass is 370 g/mol. The molecule has 1 aromatic carbocycles. The number of nitrogens with zero attached hydrogens (tertiary/aromatic N) is 2. The van der Waals surface area contributed by atoms with E-state index in [4.69, 9.17) is 9.47 Å². The van der Waals surface area contributed by atoms with Crippen molar-refractivity contribution in [3.05, 3.63) is 41.6 Å². The minimum atomic E-state index is -0.792. The highest BCUT2D eigenvalue weighted by Crippen LogP contribution is 2.40. The summed E-state index contributed by atoms with van der Waals surface area (Å²) in [6.45, 7) is 5.16. The summed E-state index contributed by atoms with van der Waals surface area (Å²) in [5.74, 6) is 0.822. The van der Waals surface area contributed by atoms with Crippen LogP contribution in [0.4, 0.5) is 0 Å². The molecule has 27 heavy (non-hydrogen) atoms. The van der Waals surface area contributed by atoms with Crippen LogP contribution in [0.15, 0.2) is 30.3 Å². The van der Waals surface area contributed by atoms with Gasteiger partial charge >= 0.3 is 0 Å². The Morgan fingerprint density at radius 2 is 1.93 bits per heavy atom. The Morgan fingerprint density at radius 3 is 2.48 bits per heavy atom. The van der Waals surface area contributed by atoms with Gasteiger partial charge in [-0.25, -0.2) is 0 Å². The molecular weight excluding hydrogens is 344 g/mol. The van der Waals surface area contributed by atoms with Crippen LogP contribution < -0.4 is 4.74 Å². The molecule has 4 rings (SSSR count). The zero-order valence-corrected chi connectivity index (χ0v) is 16.3. The van der Waals surface area contributed by atoms with Gasteiger partial charge in [-0.15, -0.1) is 0 Å². The number of methoxy groups -OCH3 is 1. The summed E-state index contributed by atoms with van der Waals surface area (Å²) in [4.78, 5) is 14.8. The van der Waals surface area contributed by atoms with Crippen molar-refractivity contribution < 1.29 is 19.4 Å². The molecule has 144 valence electrons. The topological polar surface area (TPSA) is 63.9 Å². The molecule has 0 saturated carbocycles. The van der Waals surface area contributed by atoms with E-state index < -0.39 is 5.60 Å². The maximum atomic E-state index is 13.0. The first-order valence-electron chi connectivity index (χ1n) is 9.20. The van der Waals surface area contributed by atoms with Crippen LogP contribution in [0, 0.1) is 6.92 Å². The molecule has 3 heterocycles. The number of benzene rings is 1. The largest absolute Gasteiger partial charge is 0.497 e. The number of hydrogen-bond donors (Lipinski definition) is 1. The van der Waals surface area contributed by atoms with E-state index in [2.05, 4.69) is 0 Å². The van der Waals surface area contributed by atoms with Crippen LogP contribution in [0.3, 0.4) is 0 Å². The van der Waals surface area contributed by atoms with Gasteiger partial charge in [-0.05, 0) is 49.7 Å². The third kappa shape index (κ3) is 3.03. The van der Waals surface area contributed by atoms with Crippen LogP contribution in [0.1, 0.15) is 29.4 Å². The molecule has 1 unspecified atom stereocenters. The van der Waals surface area contributed by atoms with Gasteiger partial charge in [0.25, 0.3) is 5.91 Å². The first-order valence-corrected chi connectivity index (χ1v) is 9.20. The van der Waals surface area contributed by atoms with Crippen molar-refractivity contribution in [3.8, 4) is 17.0 Å². The van der Waals surface area contributed by atoms with Crippen molar-refractivity contribution in [3.63, 3.8) is 0 Å². The Morgan fingerprint density at radius 1 is 1.26 bits per heavy atom. The average molecular weight is 370 g/mol. The van der Waals surface area contributed by atoms with E-state index in [1.807, 2.05) is 53.8 Å². The molecule has 1 N–H and O–H groups in total. The smallest absolute Gasteiger partial charge is 0.255 e. The normalized spacial score (nSPS) is 23.5. The van der Waals surface area contributed by atoms with Gasteiger partial charge in [0.2, 0.25) is 0 Å². The highest BCUT2D eigenvalue weighted by atomic mass is 16.5. The number of ether oxygens (including phenoxy) is 2. The zero-order chi connectivity index (χ0) is 19.4. The molecule has 1 aromatic heterocycles. The number of amides is 1. The summed E-state index contributed by atoms with van der Waals surface area (Å²) < 4.78 is 13.1. The van der Waals surface area contributed by atoms with Crippen LogP contribution in [-0.4, -0.2) is 58.5 Å². The van der Waals surface area contributed by atoms with Gasteiger partial charge in [-0.1, -0.05) is 0 Å². The lowest BCUT2D eigenvalue weighted by Gasteiger charge is -2.47. The molecule has 6 nitrogen and oxygen atoms in total. The lowest BCUT2D eigenvalue weighted by molar-refractivity contribution is -0.0954. The quantitative estimate of drug-likeness (QED) is 0.901. The van der Waals surface area contributed by atoms with Gasteiger partial charge in [0.15, 0.2) is 0 Å². The van der Waals surface area contributed by atoms with Gasteiger partial charge in [0.1, 0.15) is 11.4 Å². The minimum Gasteiger partial charge on any atom is -0.497 e. The molecule has 1 atom stereocenters. The summed E-state index contributed by atoms with van der Waals surface area (Å²) >= 11 is 0. The number of likely N-dealkylation sites (tertiary alicyclic amines) is 1. The highest BCUT2D eigenvalue weighted by molar-refractivity contribution is 5.97. The number of aromatic nitrogens is 1. The number of hydrogen-bond acceptors (Lipinski definition) is 4. The maximum absolute atomic E-state index is 13.0. The van der Waals surface area contributed by atoms with Crippen LogP contribution in [0.25, 0.3) is 11.3 Å². The molecule has 2 saturated heterocycles. The van der Waals surface area contributed by atoms with Crippen molar-refractivity contribution in [1.82, 2.24) is 9.47 Å². The predicted octanol–water partition coefficient (Wildman–Crippen LogP) is 2.38. The number of aliphatic hydroxyl groups is 1. The summed E-state index contributed by atoms with van der Waals surface area (Å²) in [5, 5.41) is 10.1. The van der Waals surface area contributed by atoms with Gasteiger partial charge < -0.3 is 24.0 Å². The summed E-state index contributed by atoms with van der Waals surface area (Å²) in [7, 11) is 3.62. The first-order chi connectivity index (χ1) is 12.7. The zero-order valence-electron chi connectivity index (χ0n) is 16.3. The van der Waals surface area contributed by atoms with Crippen molar-refractivity contribution in [1.29, 1.82) is 0 Å². The Labute approximate surface area is 159 Å². The first kappa shape index (κ1) is 18.1. The Kier molecular flexibility index (Phi) is 4.09. The van der Waals surface area contributed by atoms with Crippen LogP contribution in [0.5, 0.6) is 5.75 Å². The molecule has 2 aliphatic rings. The van der Waals surface area contributed by atoms with Crippen LogP contribution in [-0.2, 0) is 11.8 Å². The van der Waals surface area contributed by atoms with Gasteiger partial charge in [0, 0.05) is 24.9 Å². The second kappa shape index (κ2) is 6.11. The van der Waals surface area contributed by atoms with Crippen molar-refractivity contribution in [2.24, 2.45) is 7.05 Å². The molecule has 2 aromatic rings. The van der Waals surface area contributed by atoms with E-state index in [0.717, 1.165) is 22.7 Å². The van der Waals surface area contributed by atoms with Crippen molar-refractivity contribution >= 4 is 5.91 Å². The summed E-state index contributed by atoms with van der Waals surface area (Å²) in [5.41, 5.74) is 2.51. The van der Waals surface area contributed by atoms with Crippen molar-refractivity contribution in [2.75, 3.05) is 26.8 Å². The fourth-order valence-corrected chi connectivity index (χ4v) is 4.23. The van der Waals surface area contributed by atoms with Crippen LogP contribution >= 0.6 is 0 Å². The SMILES string of the molecule is COc1ccc(-c2cc(C(=O)N3CC4(C3)CC(C)(O)CO4)c(C)n2C)cc1. The van der Waals surface area contributed by atoms with Gasteiger partial charge in [0.05, 0.1) is 38.0 Å². The van der Waals surface area contributed by atoms with E-state index in [1.54, 1.807) is 14.0 Å². The van der Waals surface area contributed by atoms with Gasteiger partial charge in [-0.2, -0.15) is 0 Å². The molecule has 6 heteroatoms. The fourth-order valence-electron chi connectivity index (χ4n) is 4.23. The maximum Gasteiger partial charge on any atom is 0.255 e. The second-order valence-corrected chi connectivity index (χ2v) is 8.12. The van der Waals surface area contributed by atoms with Crippen LogP contribution in [0.2, 0.25) is 0 Å². The molecule has 1 amide bonds. The molecule has 0 aliphatic carbocycles. The number of carbonyl (C=O) groups is 1. The molecular formula is C21H26N2O4. The van der Waals surface area contributed by atoms with Gasteiger partial charge in [-0.3, -0.25) is 4.79 Å². The standard InChI is InChI=1S/C21H26N2O4/c1-14-17(9-18(22(14)3)15-5-7-16(26-4)8-6-15)19(24)23-11-21(12-23)10-20(2,25)13-27-21/h5-9,25H,10-13H2,1-4H3. The van der Waals surface area contributed by atoms with Crippen molar-refractivity contribution in [2.45, 2.75) is 31.5 Å². The third-order valence-corrected chi connectivity index (χ3v) is 5.79. The van der Waals surface area contributed by atoms with E-state index >= 15 is 0 Å². The molecule has 1 spiro atoms. The van der Waals surface area contributed by atoms with E-state index in [-0.39, 0.29) is 11.5 Å². The number of rotatable bonds is 3.